The summed E-state index contributed by atoms with van der Waals surface area (Å²) < 4.78 is 2.27. The van der Waals surface area contributed by atoms with Gasteiger partial charge in [0.25, 0.3) is 0 Å². The summed E-state index contributed by atoms with van der Waals surface area (Å²) in [6.45, 7) is 10.1. The van der Waals surface area contributed by atoms with Gasteiger partial charge in [0, 0.05) is 24.5 Å². The fourth-order valence-electron chi connectivity index (χ4n) is 3.29. The molecule has 134 valence electrons. The van der Waals surface area contributed by atoms with Gasteiger partial charge >= 0.3 is 0 Å². The van der Waals surface area contributed by atoms with Gasteiger partial charge in [-0.15, -0.1) is 0 Å². The number of aromatic nitrogens is 2. The first-order chi connectivity index (χ1) is 12.0. The summed E-state index contributed by atoms with van der Waals surface area (Å²) in [5.41, 5.74) is 4.61. The van der Waals surface area contributed by atoms with Crippen LogP contribution in [0.3, 0.4) is 0 Å². The third-order valence-electron chi connectivity index (χ3n) is 4.94. The van der Waals surface area contributed by atoms with E-state index in [2.05, 4.69) is 24.5 Å². The standard InChI is InChI=1S/C20H27N3OS/c1-5-6-12-22-15(3)14(2)21-20(22)25-16(4)19(24)23-13-11-17-9-7-8-10-18(17)23/h7-10,16H,5-6,11-13H2,1-4H3. The van der Waals surface area contributed by atoms with E-state index >= 15 is 0 Å². The van der Waals surface area contributed by atoms with Crippen molar-refractivity contribution in [2.24, 2.45) is 0 Å². The van der Waals surface area contributed by atoms with Gasteiger partial charge in [-0.2, -0.15) is 0 Å². The lowest BCUT2D eigenvalue weighted by Gasteiger charge is -2.21. The average Bonchev–Trinajstić information content (AvgIpc) is 3.15. The van der Waals surface area contributed by atoms with Crippen molar-refractivity contribution in [3.8, 4) is 0 Å². The predicted molar refractivity (Wildman–Crippen MR) is 104 cm³/mol. The number of fused-ring (bicyclic) bond motifs is 1. The van der Waals surface area contributed by atoms with Gasteiger partial charge in [-0.25, -0.2) is 4.98 Å². The van der Waals surface area contributed by atoms with Crippen molar-refractivity contribution in [2.75, 3.05) is 11.4 Å². The molecule has 25 heavy (non-hydrogen) atoms. The number of unbranched alkanes of at least 4 members (excludes halogenated alkanes) is 1. The van der Waals surface area contributed by atoms with Gasteiger partial charge < -0.3 is 9.47 Å². The number of amides is 1. The van der Waals surface area contributed by atoms with E-state index in [1.54, 1.807) is 11.8 Å². The Morgan fingerprint density at radius 1 is 1.32 bits per heavy atom. The fourth-order valence-corrected chi connectivity index (χ4v) is 4.38. The van der Waals surface area contributed by atoms with Crippen LogP contribution >= 0.6 is 11.8 Å². The number of carbonyl (C=O) groups excluding carboxylic acids is 1. The highest BCUT2D eigenvalue weighted by atomic mass is 32.2. The molecule has 0 N–H and O–H groups in total. The van der Waals surface area contributed by atoms with Crippen LogP contribution in [0.25, 0.3) is 0 Å². The molecule has 0 aliphatic carbocycles. The number of hydrogen-bond donors (Lipinski definition) is 0. The van der Waals surface area contributed by atoms with Crippen molar-refractivity contribution in [1.29, 1.82) is 0 Å². The molecule has 0 saturated heterocycles. The van der Waals surface area contributed by atoms with Crippen LogP contribution in [0.2, 0.25) is 0 Å². The van der Waals surface area contributed by atoms with E-state index in [0.29, 0.717) is 0 Å². The third kappa shape index (κ3) is 3.61. The maximum Gasteiger partial charge on any atom is 0.240 e. The molecular formula is C20H27N3OS. The number of benzene rings is 1. The number of rotatable bonds is 6. The molecule has 1 amide bonds. The second-order valence-electron chi connectivity index (χ2n) is 6.70. The van der Waals surface area contributed by atoms with E-state index < -0.39 is 0 Å². The number of aryl methyl sites for hydroxylation is 1. The molecule has 3 rings (SSSR count). The minimum Gasteiger partial charge on any atom is -0.323 e. The van der Waals surface area contributed by atoms with Crippen molar-refractivity contribution >= 4 is 23.4 Å². The van der Waals surface area contributed by atoms with Gasteiger partial charge in [-0.3, -0.25) is 4.79 Å². The second-order valence-corrected chi connectivity index (χ2v) is 8.01. The summed E-state index contributed by atoms with van der Waals surface area (Å²) in [5.74, 6) is 0.176. The van der Waals surface area contributed by atoms with Crippen molar-refractivity contribution in [3.63, 3.8) is 0 Å². The Labute approximate surface area is 154 Å². The van der Waals surface area contributed by atoms with Crippen LogP contribution in [0.1, 0.15) is 43.6 Å². The van der Waals surface area contributed by atoms with Gasteiger partial charge in [0.1, 0.15) is 0 Å². The highest BCUT2D eigenvalue weighted by Crippen LogP contribution is 2.32. The normalized spacial score (nSPS) is 14.6. The minimum absolute atomic E-state index is 0.146. The average molecular weight is 358 g/mol. The van der Waals surface area contributed by atoms with Gasteiger partial charge in [-0.05, 0) is 45.2 Å². The first-order valence-corrected chi connectivity index (χ1v) is 10.0. The molecule has 0 spiro atoms. The lowest BCUT2D eigenvalue weighted by atomic mass is 10.2. The largest absolute Gasteiger partial charge is 0.323 e. The summed E-state index contributed by atoms with van der Waals surface area (Å²) >= 11 is 1.59. The van der Waals surface area contributed by atoms with E-state index in [1.165, 1.54) is 11.3 Å². The Morgan fingerprint density at radius 2 is 2.08 bits per heavy atom. The molecule has 1 aromatic carbocycles. The van der Waals surface area contributed by atoms with E-state index in [9.17, 15) is 4.79 Å². The molecular weight excluding hydrogens is 330 g/mol. The lowest BCUT2D eigenvalue weighted by Crippen LogP contribution is -2.35. The molecule has 5 heteroatoms. The molecule has 1 aromatic heterocycles. The highest BCUT2D eigenvalue weighted by Gasteiger charge is 2.29. The Balaban J connectivity index is 1.76. The molecule has 4 nitrogen and oxygen atoms in total. The van der Waals surface area contributed by atoms with Crippen LogP contribution in [0.5, 0.6) is 0 Å². The SMILES string of the molecule is CCCCn1c(SC(C)C(=O)N2CCc3ccccc32)nc(C)c1C. The summed E-state index contributed by atoms with van der Waals surface area (Å²) in [6.07, 6.45) is 3.23. The maximum atomic E-state index is 13.0. The Hall–Kier alpha value is -1.75. The van der Waals surface area contributed by atoms with Crippen LogP contribution < -0.4 is 4.90 Å². The number of thioether (sulfide) groups is 1. The third-order valence-corrected chi connectivity index (χ3v) is 6.02. The van der Waals surface area contributed by atoms with Crippen LogP contribution in [0, 0.1) is 13.8 Å². The number of carbonyl (C=O) groups is 1. The Bertz CT molecular complexity index is 768. The van der Waals surface area contributed by atoms with Crippen LogP contribution in [0.15, 0.2) is 29.4 Å². The monoisotopic (exact) mass is 357 g/mol. The van der Waals surface area contributed by atoms with Gasteiger partial charge in [0.15, 0.2) is 5.16 Å². The maximum absolute atomic E-state index is 13.0. The van der Waals surface area contributed by atoms with Gasteiger partial charge in [-0.1, -0.05) is 43.3 Å². The summed E-state index contributed by atoms with van der Waals surface area (Å²) in [5, 5.41) is 0.824. The number of hydrogen-bond acceptors (Lipinski definition) is 3. The lowest BCUT2D eigenvalue weighted by molar-refractivity contribution is -0.117. The molecule has 2 heterocycles. The molecule has 0 radical (unpaired) electrons. The molecule has 0 fully saturated rings. The van der Waals surface area contributed by atoms with Gasteiger partial charge in [0.2, 0.25) is 5.91 Å². The smallest absolute Gasteiger partial charge is 0.240 e. The molecule has 1 aliphatic heterocycles. The van der Waals surface area contributed by atoms with E-state index in [4.69, 9.17) is 4.98 Å². The van der Waals surface area contributed by atoms with Crippen molar-refractivity contribution in [1.82, 2.24) is 9.55 Å². The summed E-state index contributed by atoms with van der Waals surface area (Å²) in [7, 11) is 0. The molecule has 0 bridgehead atoms. The van der Waals surface area contributed by atoms with Crippen molar-refractivity contribution in [2.45, 2.75) is 63.9 Å². The predicted octanol–water partition coefficient (Wildman–Crippen LogP) is 4.37. The first-order valence-electron chi connectivity index (χ1n) is 9.12. The number of para-hydroxylation sites is 1. The molecule has 1 atom stereocenters. The van der Waals surface area contributed by atoms with Crippen molar-refractivity contribution < 1.29 is 4.79 Å². The zero-order valence-corrected chi connectivity index (χ0v) is 16.4. The zero-order chi connectivity index (χ0) is 18.0. The van der Waals surface area contributed by atoms with Crippen LogP contribution in [-0.2, 0) is 17.8 Å². The van der Waals surface area contributed by atoms with E-state index in [1.807, 2.05) is 36.9 Å². The van der Waals surface area contributed by atoms with E-state index in [-0.39, 0.29) is 11.2 Å². The minimum atomic E-state index is -0.146. The topological polar surface area (TPSA) is 38.1 Å². The second kappa shape index (κ2) is 7.65. The van der Waals surface area contributed by atoms with E-state index in [0.717, 1.165) is 48.9 Å². The Kier molecular flexibility index (Phi) is 5.52. The molecule has 0 saturated carbocycles. The Morgan fingerprint density at radius 3 is 2.84 bits per heavy atom. The highest BCUT2D eigenvalue weighted by molar-refractivity contribution is 8.00. The quantitative estimate of drug-likeness (QED) is 0.721. The molecule has 2 aromatic rings. The van der Waals surface area contributed by atoms with Gasteiger partial charge in [0.05, 0.1) is 10.9 Å². The summed E-state index contributed by atoms with van der Waals surface area (Å²) in [6, 6.07) is 8.21. The van der Waals surface area contributed by atoms with Crippen molar-refractivity contribution in [3.05, 3.63) is 41.2 Å². The molecule has 1 aliphatic rings. The number of anilines is 1. The first kappa shape index (κ1) is 18.1. The number of imidazole rings is 1. The number of nitrogens with zero attached hydrogens (tertiary/aromatic N) is 3. The zero-order valence-electron chi connectivity index (χ0n) is 15.6. The van der Waals surface area contributed by atoms with Crippen LogP contribution in [0.4, 0.5) is 5.69 Å². The van der Waals surface area contributed by atoms with Crippen LogP contribution in [-0.4, -0.2) is 27.3 Å². The fraction of sp³-hybridized carbons (Fsp3) is 0.500. The summed E-state index contributed by atoms with van der Waals surface area (Å²) in [4.78, 5) is 19.6. The molecule has 1 unspecified atom stereocenters.